The first-order valence-corrected chi connectivity index (χ1v) is 7.44. The highest BCUT2D eigenvalue weighted by Crippen LogP contribution is 2.32. The zero-order chi connectivity index (χ0) is 15.2. The number of hydrogen-bond donors (Lipinski definition) is 1. The van der Waals surface area contributed by atoms with E-state index in [-0.39, 0.29) is 5.92 Å². The van der Waals surface area contributed by atoms with Crippen LogP contribution in [0, 0.1) is 0 Å². The van der Waals surface area contributed by atoms with Gasteiger partial charge in [-0.2, -0.15) is 5.10 Å². The minimum absolute atomic E-state index is 0.266. The predicted molar refractivity (Wildman–Crippen MR) is 82.9 cm³/mol. The van der Waals surface area contributed by atoms with Gasteiger partial charge in [0, 0.05) is 13.1 Å². The van der Waals surface area contributed by atoms with Crippen molar-refractivity contribution in [3.8, 4) is 11.6 Å². The van der Waals surface area contributed by atoms with E-state index in [9.17, 15) is 0 Å². The molecule has 114 valence electrons. The minimum atomic E-state index is 0.266. The summed E-state index contributed by atoms with van der Waals surface area (Å²) < 4.78 is 7.72. The quantitative estimate of drug-likeness (QED) is 0.846. The maximum Gasteiger partial charge on any atom is 0.228 e. The Morgan fingerprint density at radius 2 is 2.10 bits per heavy atom. The fraction of sp³-hybridized carbons (Fsp3) is 0.533. The number of hydrogen-bond acceptors (Lipinski definition) is 5. The first-order valence-electron chi connectivity index (χ1n) is 7.44. The molecule has 6 nitrogen and oxygen atoms in total. The molecule has 2 heterocycles. The van der Waals surface area contributed by atoms with Crippen LogP contribution in [0.4, 0.5) is 5.82 Å². The van der Waals surface area contributed by atoms with Crippen molar-refractivity contribution in [3.05, 3.63) is 24.3 Å². The predicted octanol–water partition coefficient (Wildman–Crippen LogP) is 3.43. The summed E-state index contributed by atoms with van der Waals surface area (Å²) in [5.41, 5.74) is 0.996. The third kappa shape index (κ3) is 3.71. The molecule has 21 heavy (non-hydrogen) atoms. The monoisotopic (exact) mass is 289 g/mol. The summed E-state index contributed by atoms with van der Waals surface area (Å²) >= 11 is 0. The van der Waals surface area contributed by atoms with Crippen molar-refractivity contribution >= 4 is 5.82 Å². The molecule has 0 saturated heterocycles. The molecule has 0 aliphatic heterocycles. The third-order valence-electron chi connectivity index (χ3n) is 3.12. The number of anilines is 1. The van der Waals surface area contributed by atoms with Crippen LogP contribution in [0.3, 0.4) is 0 Å². The van der Waals surface area contributed by atoms with E-state index < -0.39 is 0 Å². The van der Waals surface area contributed by atoms with E-state index in [4.69, 9.17) is 4.74 Å². The van der Waals surface area contributed by atoms with E-state index in [0.29, 0.717) is 11.6 Å². The lowest BCUT2D eigenvalue weighted by atomic mass is 10.1. The van der Waals surface area contributed by atoms with Crippen LogP contribution in [-0.2, 0) is 6.54 Å². The Morgan fingerprint density at radius 3 is 2.71 bits per heavy atom. The van der Waals surface area contributed by atoms with Gasteiger partial charge < -0.3 is 10.1 Å². The van der Waals surface area contributed by atoms with Gasteiger partial charge in [-0.15, -0.1) is 0 Å². The summed E-state index contributed by atoms with van der Waals surface area (Å²) in [6.07, 6.45) is 6.14. The van der Waals surface area contributed by atoms with Gasteiger partial charge in [-0.25, -0.2) is 9.97 Å². The molecule has 0 atom stereocenters. The van der Waals surface area contributed by atoms with E-state index in [1.165, 1.54) is 6.33 Å². The Hall–Kier alpha value is -2.11. The molecule has 0 amide bonds. The lowest BCUT2D eigenvalue weighted by Crippen LogP contribution is -2.08. The Kier molecular flexibility index (Phi) is 5.14. The van der Waals surface area contributed by atoms with Crippen molar-refractivity contribution in [2.24, 2.45) is 0 Å². The van der Waals surface area contributed by atoms with Crippen LogP contribution in [-0.4, -0.2) is 26.3 Å². The number of ether oxygens (including phenoxy) is 1. The SMILES string of the molecule is CCCNc1ncnc(Oc2cnn(CC)c2)c1C(C)C. The molecule has 0 aliphatic carbocycles. The smallest absolute Gasteiger partial charge is 0.228 e. The van der Waals surface area contributed by atoms with E-state index in [2.05, 4.69) is 41.2 Å². The molecular formula is C15H23N5O. The molecule has 0 aliphatic rings. The topological polar surface area (TPSA) is 64.9 Å². The van der Waals surface area contributed by atoms with Gasteiger partial charge in [0.1, 0.15) is 12.1 Å². The summed E-state index contributed by atoms with van der Waals surface area (Å²) in [6.45, 7) is 10.1. The van der Waals surface area contributed by atoms with Crippen molar-refractivity contribution in [2.45, 2.75) is 46.6 Å². The molecule has 2 rings (SSSR count). The van der Waals surface area contributed by atoms with Crippen LogP contribution < -0.4 is 10.1 Å². The van der Waals surface area contributed by atoms with E-state index in [1.54, 1.807) is 6.20 Å². The molecule has 0 spiro atoms. The fourth-order valence-corrected chi connectivity index (χ4v) is 2.05. The molecule has 6 heteroatoms. The highest BCUT2D eigenvalue weighted by atomic mass is 16.5. The molecule has 0 aromatic carbocycles. The zero-order valence-electron chi connectivity index (χ0n) is 13.1. The average molecular weight is 289 g/mol. The van der Waals surface area contributed by atoms with Gasteiger partial charge in [-0.05, 0) is 19.3 Å². The van der Waals surface area contributed by atoms with E-state index in [1.807, 2.05) is 17.8 Å². The number of aromatic nitrogens is 4. The minimum Gasteiger partial charge on any atom is -0.435 e. The Morgan fingerprint density at radius 1 is 1.29 bits per heavy atom. The number of rotatable bonds is 7. The maximum atomic E-state index is 5.90. The Labute approximate surface area is 125 Å². The standard InChI is InChI=1S/C15H23N5O/c1-5-7-16-14-13(11(3)4)15(18-10-17-14)21-12-8-19-20(6-2)9-12/h8-11H,5-7H2,1-4H3,(H,16,17,18). The molecule has 0 saturated carbocycles. The lowest BCUT2D eigenvalue weighted by molar-refractivity contribution is 0.450. The summed E-state index contributed by atoms with van der Waals surface area (Å²) in [7, 11) is 0. The fourth-order valence-electron chi connectivity index (χ4n) is 2.05. The summed E-state index contributed by atoms with van der Waals surface area (Å²) in [4.78, 5) is 8.63. The highest BCUT2D eigenvalue weighted by molar-refractivity contribution is 5.51. The molecule has 0 fully saturated rings. The molecule has 0 unspecified atom stereocenters. The van der Waals surface area contributed by atoms with Gasteiger partial charge in [-0.3, -0.25) is 4.68 Å². The summed E-state index contributed by atoms with van der Waals surface area (Å²) in [5.74, 6) is 2.40. The van der Waals surface area contributed by atoms with Crippen molar-refractivity contribution < 1.29 is 4.74 Å². The maximum absolute atomic E-state index is 5.90. The zero-order valence-corrected chi connectivity index (χ0v) is 13.1. The van der Waals surface area contributed by atoms with Crippen LogP contribution in [0.5, 0.6) is 11.6 Å². The van der Waals surface area contributed by atoms with Crippen LogP contribution in [0.15, 0.2) is 18.7 Å². The van der Waals surface area contributed by atoms with Crippen molar-refractivity contribution in [3.63, 3.8) is 0 Å². The first-order chi connectivity index (χ1) is 10.2. The third-order valence-corrected chi connectivity index (χ3v) is 3.12. The van der Waals surface area contributed by atoms with Gasteiger partial charge in [0.15, 0.2) is 5.75 Å². The van der Waals surface area contributed by atoms with Crippen molar-refractivity contribution in [2.75, 3.05) is 11.9 Å². The van der Waals surface area contributed by atoms with Crippen molar-refractivity contribution in [1.82, 2.24) is 19.7 Å². The normalized spacial score (nSPS) is 10.9. The molecule has 1 N–H and O–H groups in total. The lowest BCUT2D eigenvalue weighted by Gasteiger charge is -2.16. The second kappa shape index (κ2) is 7.06. The first kappa shape index (κ1) is 15.3. The summed E-state index contributed by atoms with van der Waals surface area (Å²) in [6, 6.07) is 0. The molecule has 0 radical (unpaired) electrons. The number of aryl methyl sites for hydroxylation is 1. The van der Waals surface area contributed by atoms with Crippen LogP contribution in [0.1, 0.15) is 45.6 Å². The van der Waals surface area contributed by atoms with Gasteiger partial charge in [0.2, 0.25) is 5.88 Å². The summed E-state index contributed by atoms with van der Waals surface area (Å²) in [5, 5.41) is 7.54. The number of nitrogens with one attached hydrogen (secondary N) is 1. The van der Waals surface area contributed by atoms with E-state index >= 15 is 0 Å². The molecule has 2 aromatic rings. The number of nitrogens with zero attached hydrogens (tertiary/aromatic N) is 4. The van der Waals surface area contributed by atoms with Crippen LogP contribution in [0.25, 0.3) is 0 Å². The second-order valence-electron chi connectivity index (χ2n) is 5.16. The van der Waals surface area contributed by atoms with Gasteiger partial charge in [0.05, 0.1) is 18.0 Å². The molecular weight excluding hydrogens is 266 g/mol. The van der Waals surface area contributed by atoms with E-state index in [0.717, 1.165) is 30.9 Å². The van der Waals surface area contributed by atoms with Crippen LogP contribution in [0.2, 0.25) is 0 Å². The van der Waals surface area contributed by atoms with Gasteiger partial charge in [-0.1, -0.05) is 20.8 Å². The van der Waals surface area contributed by atoms with Gasteiger partial charge in [0.25, 0.3) is 0 Å². The molecule has 0 bridgehead atoms. The second-order valence-corrected chi connectivity index (χ2v) is 5.16. The average Bonchev–Trinajstić information content (AvgIpc) is 2.92. The largest absolute Gasteiger partial charge is 0.435 e. The van der Waals surface area contributed by atoms with Crippen LogP contribution >= 0.6 is 0 Å². The Balaban J connectivity index is 2.28. The molecule has 2 aromatic heterocycles. The van der Waals surface area contributed by atoms with Crippen molar-refractivity contribution in [1.29, 1.82) is 0 Å². The van der Waals surface area contributed by atoms with Gasteiger partial charge >= 0.3 is 0 Å². The highest BCUT2D eigenvalue weighted by Gasteiger charge is 2.17. The Bertz CT molecular complexity index is 579.